The van der Waals surface area contributed by atoms with Gasteiger partial charge < -0.3 is 19.5 Å². The van der Waals surface area contributed by atoms with Gasteiger partial charge in [-0.15, -0.1) is 0 Å². The van der Waals surface area contributed by atoms with Crippen LogP contribution >= 0.6 is 22.6 Å². The first kappa shape index (κ1) is 21.6. The number of ether oxygens (including phenoxy) is 3. The third-order valence-electron chi connectivity index (χ3n) is 3.97. The summed E-state index contributed by atoms with van der Waals surface area (Å²) in [4.78, 5) is 27.7. The molecular weight excluding hydrogens is 499 g/mol. The number of carbonyl (C=O) groups excluding carboxylic acids is 2. The number of rotatable bonds is 7. The third kappa shape index (κ3) is 5.07. The molecule has 1 amide bonds. The number of nitrogens with one attached hydrogen (secondary N) is 1. The number of benzene rings is 2. The van der Waals surface area contributed by atoms with Crippen molar-refractivity contribution in [2.24, 2.45) is 4.99 Å². The second kappa shape index (κ2) is 9.57. The van der Waals surface area contributed by atoms with E-state index in [2.05, 4.69) is 39.5 Å². The van der Waals surface area contributed by atoms with Gasteiger partial charge in [0.05, 0.1) is 10.7 Å². The van der Waals surface area contributed by atoms with Gasteiger partial charge in [0, 0.05) is 18.2 Å². The van der Waals surface area contributed by atoms with Crippen molar-refractivity contribution in [3.8, 4) is 11.5 Å². The number of aliphatic imine (C=N–C) groups is 1. The fourth-order valence-electron chi connectivity index (χ4n) is 2.70. The number of methoxy groups -OCH3 is 1. The van der Waals surface area contributed by atoms with Gasteiger partial charge in [0.25, 0.3) is 0 Å². The lowest BCUT2D eigenvalue weighted by Gasteiger charge is -2.12. The Labute approximate surface area is 187 Å². The molecule has 0 spiro atoms. The molecule has 2 aromatic rings. The van der Waals surface area contributed by atoms with Gasteiger partial charge >= 0.3 is 5.97 Å². The number of carbonyl (C=O) groups is 2. The van der Waals surface area contributed by atoms with Gasteiger partial charge in [-0.2, -0.15) is 0 Å². The van der Waals surface area contributed by atoms with Crippen LogP contribution in [0.5, 0.6) is 11.5 Å². The maximum absolute atomic E-state index is 12.3. The SMILES string of the molecule is C=CCOc1c(I)cc(/C=C2\N=C(c3ccc(NC(C)=O)cc3)OC2=O)cc1OC. The summed E-state index contributed by atoms with van der Waals surface area (Å²) in [6, 6.07) is 10.5. The maximum Gasteiger partial charge on any atom is 0.363 e. The number of hydrogen-bond acceptors (Lipinski definition) is 6. The lowest BCUT2D eigenvalue weighted by Crippen LogP contribution is -2.07. The maximum atomic E-state index is 12.3. The largest absolute Gasteiger partial charge is 0.493 e. The van der Waals surface area contributed by atoms with Gasteiger partial charge in [-0.1, -0.05) is 12.7 Å². The molecule has 2 aromatic carbocycles. The molecule has 1 heterocycles. The molecule has 0 saturated heterocycles. The summed E-state index contributed by atoms with van der Waals surface area (Å²) in [7, 11) is 1.55. The lowest BCUT2D eigenvalue weighted by atomic mass is 10.1. The van der Waals surface area contributed by atoms with Gasteiger partial charge in [0.15, 0.2) is 17.2 Å². The molecule has 30 heavy (non-hydrogen) atoms. The number of anilines is 1. The van der Waals surface area contributed by atoms with Crippen LogP contribution in [-0.2, 0) is 14.3 Å². The minimum Gasteiger partial charge on any atom is -0.493 e. The molecule has 8 heteroatoms. The average Bonchev–Trinajstić information content (AvgIpc) is 3.07. The highest BCUT2D eigenvalue weighted by Gasteiger charge is 2.24. The molecule has 154 valence electrons. The number of halogens is 1. The molecule has 0 aliphatic carbocycles. The summed E-state index contributed by atoms with van der Waals surface area (Å²) < 4.78 is 17.2. The van der Waals surface area contributed by atoms with Crippen molar-refractivity contribution in [2.45, 2.75) is 6.92 Å². The van der Waals surface area contributed by atoms with Crippen molar-refractivity contribution in [3.63, 3.8) is 0 Å². The van der Waals surface area contributed by atoms with E-state index in [0.717, 1.165) is 9.13 Å². The van der Waals surface area contributed by atoms with Crippen molar-refractivity contribution in [1.29, 1.82) is 0 Å². The molecule has 3 rings (SSSR count). The van der Waals surface area contributed by atoms with E-state index in [1.165, 1.54) is 6.92 Å². The summed E-state index contributed by atoms with van der Waals surface area (Å²) in [5.41, 5.74) is 2.17. The highest BCUT2D eigenvalue weighted by molar-refractivity contribution is 14.1. The molecule has 0 atom stereocenters. The fraction of sp³-hybridized carbons (Fsp3) is 0.136. The van der Waals surface area contributed by atoms with Crippen molar-refractivity contribution in [1.82, 2.24) is 0 Å². The first-order valence-electron chi connectivity index (χ1n) is 8.93. The predicted molar refractivity (Wildman–Crippen MR) is 123 cm³/mol. The number of esters is 1. The van der Waals surface area contributed by atoms with E-state index < -0.39 is 5.97 Å². The summed E-state index contributed by atoms with van der Waals surface area (Å²) in [6.45, 7) is 5.43. The van der Waals surface area contributed by atoms with Crippen molar-refractivity contribution in [3.05, 3.63) is 69.4 Å². The van der Waals surface area contributed by atoms with Crippen LogP contribution in [0.15, 0.2) is 59.7 Å². The Morgan fingerprint density at radius 2 is 2.03 bits per heavy atom. The van der Waals surface area contributed by atoms with Crippen LogP contribution in [0.4, 0.5) is 5.69 Å². The van der Waals surface area contributed by atoms with E-state index in [1.807, 2.05) is 6.07 Å². The molecule has 1 aliphatic rings. The summed E-state index contributed by atoms with van der Waals surface area (Å²) in [5.74, 6) is 0.644. The highest BCUT2D eigenvalue weighted by Crippen LogP contribution is 2.35. The summed E-state index contributed by atoms with van der Waals surface area (Å²) in [5, 5.41) is 2.68. The van der Waals surface area contributed by atoms with Crippen LogP contribution in [0.25, 0.3) is 6.08 Å². The smallest absolute Gasteiger partial charge is 0.363 e. The second-order valence-electron chi connectivity index (χ2n) is 6.23. The number of nitrogens with zero attached hydrogens (tertiary/aromatic N) is 1. The standard InChI is InChI=1S/C22H19IN2O5/c1-4-9-29-20-17(23)10-14(12-19(20)28-3)11-18-22(27)30-21(25-18)15-5-7-16(8-6-15)24-13(2)26/h4-8,10-12H,1,9H2,2-3H3,(H,24,26)/b18-11-. The monoisotopic (exact) mass is 518 g/mol. The topological polar surface area (TPSA) is 86.2 Å². The van der Waals surface area contributed by atoms with Crippen molar-refractivity contribution >= 4 is 52.1 Å². The molecule has 0 fully saturated rings. The van der Waals surface area contributed by atoms with E-state index in [-0.39, 0.29) is 17.5 Å². The van der Waals surface area contributed by atoms with Crippen LogP contribution in [-0.4, -0.2) is 31.5 Å². The van der Waals surface area contributed by atoms with E-state index in [0.29, 0.717) is 29.4 Å². The Morgan fingerprint density at radius 3 is 2.67 bits per heavy atom. The zero-order valence-electron chi connectivity index (χ0n) is 16.4. The Hall–Kier alpha value is -3.14. The molecule has 0 bridgehead atoms. The Morgan fingerprint density at radius 1 is 1.30 bits per heavy atom. The predicted octanol–water partition coefficient (Wildman–Crippen LogP) is 4.17. The normalized spacial score (nSPS) is 14.2. The summed E-state index contributed by atoms with van der Waals surface area (Å²) >= 11 is 2.14. The van der Waals surface area contributed by atoms with E-state index in [1.54, 1.807) is 49.6 Å². The van der Waals surface area contributed by atoms with Crippen molar-refractivity contribution < 1.29 is 23.8 Å². The van der Waals surface area contributed by atoms with E-state index >= 15 is 0 Å². The molecule has 0 radical (unpaired) electrons. The second-order valence-corrected chi connectivity index (χ2v) is 7.39. The average molecular weight is 518 g/mol. The van der Waals surface area contributed by atoms with E-state index in [9.17, 15) is 9.59 Å². The van der Waals surface area contributed by atoms with Crippen LogP contribution in [0.2, 0.25) is 0 Å². The van der Waals surface area contributed by atoms with Gasteiger partial charge in [-0.25, -0.2) is 9.79 Å². The molecule has 1 N–H and O–H groups in total. The molecule has 0 unspecified atom stereocenters. The van der Waals surface area contributed by atoms with E-state index in [4.69, 9.17) is 14.2 Å². The molecule has 0 aromatic heterocycles. The fourth-order valence-corrected chi connectivity index (χ4v) is 3.48. The zero-order chi connectivity index (χ0) is 21.7. The zero-order valence-corrected chi connectivity index (χ0v) is 18.6. The van der Waals surface area contributed by atoms with Gasteiger partial charge in [-0.3, -0.25) is 4.79 Å². The van der Waals surface area contributed by atoms with Crippen LogP contribution in [0.3, 0.4) is 0 Å². The Bertz CT molecular complexity index is 1060. The number of hydrogen-bond donors (Lipinski definition) is 1. The molecular formula is C22H19IN2O5. The minimum absolute atomic E-state index is 0.163. The van der Waals surface area contributed by atoms with Crippen LogP contribution in [0, 0.1) is 3.57 Å². The summed E-state index contributed by atoms with van der Waals surface area (Å²) in [6.07, 6.45) is 3.28. The third-order valence-corrected chi connectivity index (χ3v) is 4.77. The van der Waals surface area contributed by atoms with Gasteiger partial charge in [-0.05, 0) is 70.6 Å². The van der Waals surface area contributed by atoms with Crippen molar-refractivity contribution in [2.75, 3.05) is 19.0 Å². The highest BCUT2D eigenvalue weighted by atomic mass is 127. The van der Waals surface area contributed by atoms with Crippen LogP contribution < -0.4 is 14.8 Å². The first-order valence-corrected chi connectivity index (χ1v) is 10.0. The molecule has 0 saturated carbocycles. The number of cyclic esters (lactones) is 1. The molecule has 7 nitrogen and oxygen atoms in total. The van der Waals surface area contributed by atoms with Crippen LogP contribution in [0.1, 0.15) is 18.1 Å². The Balaban J connectivity index is 1.87. The minimum atomic E-state index is -0.545. The quantitative estimate of drug-likeness (QED) is 0.258. The molecule has 1 aliphatic heterocycles. The van der Waals surface area contributed by atoms with Gasteiger partial charge in [0.2, 0.25) is 11.8 Å². The van der Waals surface area contributed by atoms with Gasteiger partial charge in [0.1, 0.15) is 6.61 Å². The Kier molecular flexibility index (Phi) is 6.88. The number of amides is 1. The first-order chi connectivity index (χ1) is 14.4. The lowest BCUT2D eigenvalue weighted by molar-refractivity contribution is -0.129.